The van der Waals surface area contributed by atoms with E-state index in [1.54, 1.807) is 25.1 Å². The van der Waals surface area contributed by atoms with E-state index in [4.69, 9.17) is 4.74 Å². The standard InChI is InChI=1S/C14H19NO3/c1-10-4-2-6-12(13(10)16)14(17)15-8-11-5-3-7-18-9-11/h2,4,6,11,16H,3,5,7-9H2,1H3,(H,15,17). The van der Waals surface area contributed by atoms with Crippen LogP contribution in [0.5, 0.6) is 5.75 Å². The molecule has 0 bridgehead atoms. The molecule has 0 aliphatic carbocycles. The summed E-state index contributed by atoms with van der Waals surface area (Å²) < 4.78 is 5.36. The minimum absolute atomic E-state index is 0.0647. The number of carbonyl (C=O) groups excluding carboxylic acids is 1. The lowest BCUT2D eigenvalue weighted by Gasteiger charge is -2.22. The fraction of sp³-hybridized carbons (Fsp3) is 0.500. The van der Waals surface area contributed by atoms with Gasteiger partial charge in [-0.3, -0.25) is 4.79 Å². The van der Waals surface area contributed by atoms with Crippen LogP contribution in [0.2, 0.25) is 0 Å². The Morgan fingerprint density at radius 3 is 3.11 bits per heavy atom. The largest absolute Gasteiger partial charge is 0.507 e. The summed E-state index contributed by atoms with van der Waals surface area (Å²) in [7, 11) is 0. The van der Waals surface area contributed by atoms with Gasteiger partial charge >= 0.3 is 0 Å². The molecule has 1 atom stereocenters. The number of aromatic hydroxyl groups is 1. The summed E-state index contributed by atoms with van der Waals surface area (Å²) in [6.07, 6.45) is 2.14. The Morgan fingerprint density at radius 2 is 2.39 bits per heavy atom. The van der Waals surface area contributed by atoms with Gasteiger partial charge in [0.05, 0.1) is 12.2 Å². The molecule has 1 aliphatic rings. The third-order valence-corrected chi connectivity index (χ3v) is 3.29. The van der Waals surface area contributed by atoms with E-state index in [2.05, 4.69) is 5.32 Å². The summed E-state index contributed by atoms with van der Waals surface area (Å²) in [6, 6.07) is 5.18. The average Bonchev–Trinajstić information content (AvgIpc) is 2.40. The minimum atomic E-state index is -0.221. The van der Waals surface area contributed by atoms with E-state index in [0.29, 0.717) is 30.2 Å². The Morgan fingerprint density at radius 1 is 1.56 bits per heavy atom. The number of amides is 1. The first kappa shape index (κ1) is 12.9. The Balaban J connectivity index is 1.93. The number of rotatable bonds is 3. The number of phenols is 1. The number of hydrogen-bond acceptors (Lipinski definition) is 3. The zero-order valence-electron chi connectivity index (χ0n) is 10.6. The van der Waals surface area contributed by atoms with Crippen molar-refractivity contribution in [1.29, 1.82) is 0 Å². The molecule has 1 saturated heterocycles. The van der Waals surface area contributed by atoms with E-state index in [0.717, 1.165) is 19.4 Å². The maximum atomic E-state index is 11.9. The van der Waals surface area contributed by atoms with Crippen LogP contribution in [0.1, 0.15) is 28.8 Å². The number of para-hydroxylation sites is 1. The van der Waals surface area contributed by atoms with Crippen LogP contribution in [0.25, 0.3) is 0 Å². The smallest absolute Gasteiger partial charge is 0.255 e. The van der Waals surface area contributed by atoms with Crippen LogP contribution in [0.4, 0.5) is 0 Å². The molecule has 2 rings (SSSR count). The normalized spacial score (nSPS) is 19.5. The molecule has 1 unspecified atom stereocenters. The number of nitrogens with one attached hydrogen (secondary N) is 1. The van der Waals surface area contributed by atoms with Gasteiger partial charge in [0, 0.05) is 13.2 Å². The molecule has 0 saturated carbocycles. The van der Waals surface area contributed by atoms with Crippen molar-refractivity contribution in [3.63, 3.8) is 0 Å². The van der Waals surface area contributed by atoms with Crippen molar-refractivity contribution < 1.29 is 14.6 Å². The molecule has 98 valence electrons. The highest BCUT2D eigenvalue weighted by Crippen LogP contribution is 2.21. The molecule has 0 radical (unpaired) electrons. The van der Waals surface area contributed by atoms with Crippen LogP contribution in [-0.4, -0.2) is 30.8 Å². The highest BCUT2D eigenvalue weighted by Gasteiger charge is 2.17. The van der Waals surface area contributed by atoms with Gasteiger partial charge in [0.1, 0.15) is 5.75 Å². The SMILES string of the molecule is Cc1cccc(C(=O)NCC2CCCOC2)c1O. The third-order valence-electron chi connectivity index (χ3n) is 3.29. The highest BCUT2D eigenvalue weighted by atomic mass is 16.5. The topological polar surface area (TPSA) is 58.6 Å². The van der Waals surface area contributed by atoms with Gasteiger partial charge < -0.3 is 15.2 Å². The molecule has 1 aromatic carbocycles. The maximum absolute atomic E-state index is 11.9. The van der Waals surface area contributed by atoms with Crippen molar-refractivity contribution in [2.75, 3.05) is 19.8 Å². The Hall–Kier alpha value is -1.55. The fourth-order valence-corrected chi connectivity index (χ4v) is 2.14. The highest BCUT2D eigenvalue weighted by molar-refractivity contribution is 5.97. The lowest BCUT2D eigenvalue weighted by atomic mass is 10.0. The number of phenolic OH excluding ortho intramolecular Hbond substituents is 1. The number of hydrogen-bond donors (Lipinski definition) is 2. The number of benzene rings is 1. The van der Waals surface area contributed by atoms with Crippen molar-refractivity contribution >= 4 is 5.91 Å². The first-order chi connectivity index (χ1) is 8.68. The van der Waals surface area contributed by atoms with Gasteiger partial charge in [-0.1, -0.05) is 12.1 Å². The van der Waals surface area contributed by atoms with Gasteiger partial charge in [-0.15, -0.1) is 0 Å². The second kappa shape index (κ2) is 5.87. The van der Waals surface area contributed by atoms with Gasteiger partial charge in [-0.05, 0) is 37.3 Å². The van der Waals surface area contributed by atoms with Crippen LogP contribution in [0.3, 0.4) is 0 Å². The first-order valence-corrected chi connectivity index (χ1v) is 6.33. The maximum Gasteiger partial charge on any atom is 0.255 e. The molecular formula is C14H19NO3. The van der Waals surface area contributed by atoms with E-state index in [-0.39, 0.29) is 11.7 Å². The molecule has 4 nitrogen and oxygen atoms in total. The molecule has 1 fully saturated rings. The summed E-state index contributed by atoms with van der Waals surface area (Å²) in [5.41, 5.74) is 1.05. The molecule has 1 heterocycles. The van der Waals surface area contributed by atoms with Crippen LogP contribution < -0.4 is 5.32 Å². The van der Waals surface area contributed by atoms with Crippen LogP contribution >= 0.6 is 0 Å². The van der Waals surface area contributed by atoms with Gasteiger partial charge in [0.25, 0.3) is 5.91 Å². The summed E-state index contributed by atoms with van der Waals surface area (Å²) in [5.74, 6) is 0.228. The van der Waals surface area contributed by atoms with E-state index in [1.807, 2.05) is 0 Å². The molecule has 18 heavy (non-hydrogen) atoms. The molecule has 2 N–H and O–H groups in total. The second-order valence-corrected chi connectivity index (χ2v) is 4.76. The molecule has 0 aromatic heterocycles. The number of carbonyl (C=O) groups is 1. The van der Waals surface area contributed by atoms with E-state index in [9.17, 15) is 9.90 Å². The summed E-state index contributed by atoms with van der Waals surface area (Å²) in [6.45, 7) is 3.91. The van der Waals surface area contributed by atoms with Crippen LogP contribution in [-0.2, 0) is 4.74 Å². The van der Waals surface area contributed by atoms with Crippen molar-refractivity contribution in [2.45, 2.75) is 19.8 Å². The lowest BCUT2D eigenvalue weighted by molar-refractivity contribution is 0.0536. The van der Waals surface area contributed by atoms with E-state index >= 15 is 0 Å². The van der Waals surface area contributed by atoms with E-state index in [1.165, 1.54) is 0 Å². The molecule has 4 heteroatoms. The van der Waals surface area contributed by atoms with Crippen molar-refractivity contribution in [3.05, 3.63) is 29.3 Å². The predicted octanol–water partition coefficient (Wildman–Crippen LogP) is 1.86. The zero-order valence-corrected chi connectivity index (χ0v) is 10.6. The average molecular weight is 249 g/mol. The molecule has 1 amide bonds. The minimum Gasteiger partial charge on any atom is -0.507 e. The van der Waals surface area contributed by atoms with Gasteiger partial charge in [-0.25, -0.2) is 0 Å². The molecule has 0 spiro atoms. The summed E-state index contributed by atoms with van der Waals surface area (Å²) in [5, 5.41) is 12.7. The van der Waals surface area contributed by atoms with E-state index < -0.39 is 0 Å². The van der Waals surface area contributed by atoms with Gasteiger partial charge in [-0.2, -0.15) is 0 Å². The number of aryl methyl sites for hydroxylation is 1. The summed E-state index contributed by atoms with van der Waals surface area (Å²) in [4.78, 5) is 11.9. The van der Waals surface area contributed by atoms with Crippen LogP contribution in [0.15, 0.2) is 18.2 Å². The van der Waals surface area contributed by atoms with Crippen molar-refractivity contribution in [3.8, 4) is 5.75 Å². The Kier molecular flexibility index (Phi) is 4.20. The predicted molar refractivity (Wildman–Crippen MR) is 68.7 cm³/mol. The second-order valence-electron chi connectivity index (χ2n) is 4.76. The first-order valence-electron chi connectivity index (χ1n) is 6.33. The molecular weight excluding hydrogens is 230 g/mol. The quantitative estimate of drug-likeness (QED) is 0.859. The van der Waals surface area contributed by atoms with Crippen LogP contribution in [0, 0.1) is 12.8 Å². The summed E-state index contributed by atoms with van der Waals surface area (Å²) >= 11 is 0. The Bertz CT molecular complexity index is 425. The Labute approximate surface area is 107 Å². The number of ether oxygens (including phenoxy) is 1. The fourth-order valence-electron chi connectivity index (χ4n) is 2.14. The lowest BCUT2D eigenvalue weighted by Crippen LogP contribution is -2.33. The molecule has 1 aromatic rings. The monoisotopic (exact) mass is 249 g/mol. The van der Waals surface area contributed by atoms with Crippen molar-refractivity contribution in [2.24, 2.45) is 5.92 Å². The van der Waals surface area contributed by atoms with Crippen molar-refractivity contribution in [1.82, 2.24) is 5.32 Å². The third kappa shape index (κ3) is 3.01. The van der Waals surface area contributed by atoms with Gasteiger partial charge in [0.15, 0.2) is 0 Å². The van der Waals surface area contributed by atoms with Gasteiger partial charge in [0.2, 0.25) is 0 Å². The zero-order chi connectivity index (χ0) is 13.0. The molecule has 1 aliphatic heterocycles.